The maximum Gasteiger partial charge on any atom is 0.251 e. The van der Waals surface area contributed by atoms with E-state index in [1.54, 1.807) is 19.2 Å². The van der Waals surface area contributed by atoms with Crippen LogP contribution in [0.2, 0.25) is 0 Å². The van der Waals surface area contributed by atoms with Crippen molar-refractivity contribution in [3.05, 3.63) is 89.2 Å². The molecule has 0 radical (unpaired) electrons. The van der Waals surface area contributed by atoms with E-state index in [0.29, 0.717) is 23.6 Å². The summed E-state index contributed by atoms with van der Waals surface area (Å²) in [5.41, 5.74) is 11.1. The molecule has 0 aliphatic carbocycles. The predicted molar refractivity (Wildman–Crippen MR) is 117 cm³/mol. The summed E-state index contributed by atoms with van der Waals surface area (Å²) in [5, 5.41) is 4.09. The molecule has 3 aromatic carbocycles. The van der Waals surface area contributed by atoms with Crippen molar-refractivity contribution in [2.45, 2.75) is 13.5 Å². The molecule has 2 N–H and O–H groups in total. The van der Waals surface area contributed by atoms with Gasteiger partial charge in [-0.2, -0.15) is 0 Å². The van der Waals surface area contributed by atoms with Gasteiger partial charge in [-0.3, -0.25) is 4.79 Å². The van der Waals surface area contributed by atoms with Crippen molar-refractivity contribution in [1.29, 1.82) is 0 Å². The highest BCUT2D eigenvalue weighted by molar-refractivity contribution is 5.93. The Bertz CT molecular complexity index is 1250. The number of hydrogen-bond acceptors (Lipinski definition) is 4. The fourth-order valence-electron chi connectivity index (χ4n) is 3.66. The average molecular weight is 416 g/mol. The van der Waals surface area contributed by atoms with Crippen molar-refractivity contribution in [3.8, 4) is 33.7 Å². The van der Waals surface area contributed by atoms with E-state index in [4.69, 9.17) is 15.0 Å². The van der Waals surface area contributed by atoms with Crippen molar-refractivity contribution in [2.75, 3.05) is 7.11 Å². The third-order valence-electron chi connectivity index (χ3n) is 5.28. The number of hydrogen-bond donors (Lipinski definition) is 1. The van der Waals surface area contributed by atoms with Gasteiger partial charge in [-0.1, -0.05) is 53.7 Å². The second-order valence-electron chi connectivity index (χ2n) is 7.20. The summed E-state index contributed by atoms with van der Waals surface area (Å²) in [7, 11) is 1.65. The molecule has 0 fully saturated rings. The van der Waals surface area contributed by atoms with Crippen molar-refractivity contribution in [1.82, 2.24) is 5.16 Å². The van der Waals surface area contributed by atoms with E-state index >= 15 is 0 Å². The van der Waals surface area contributed by atoms with Gasteiger partial charge in [-0.05, 0) is 41.3 Å². The van der Waals surface area contributed by atoms with Gasteiger partial charge in [0.2, 0.25) is 0 Å². The molecule has 0 aliphatic rings. The molecule has 0 unspecified atom stereocenters. The number of amides is 1. The van der Waals surface area contributed by atoms with Crippen LogP contribution in [0, 0.1) is 12.7 Å². The van der Waals surface area contributed by atoms with E-state index in [2.05, 4.69) is 24.2 Å². The second-order valence-corrected chi connectivity index (χ2v) is 7.20. The first-order valence-electron chi connectivity index (χ1n) is 9.73. The summed E-state index contributed by atoms with van der Waals surface area (Å²) in [4.78, 5) is 11.3. The van der Waals surface area contributed by atoms with Gasteiger partial charge < -0.3 is 15.0 Å². The van der Waals surface area contributed by atoms with Crippen LogP contribution >= 0.6 is 0 Å². The first-order valence-corrected chi connectivity index (χ1v) is 9.73. The highest BCUT2D eigenvalue weighted by atomic mass is 19.1. The Kier molecular flexibility index (Phi) is 5.64. The fourth-order valence-corrected chi connectivity index (χ4v) is 3.66. The van der Waals surface area contributed by atoms with Gasteiger partial charge in [0, 0.05) is 24.3 Å². The molecule has 0 aliphatic heterocycles. The quantitative estimate of drug-likeness (QED) is 0.458. The van der Waals surface area contributed by atoms with Crippen LogP contribution in [-0.4, -0.2) is 18.2 Å². The SMILES string of the molecule is COCc1c(-c2cc(-c3ccc(C(N)=O)c(F)c3)no2)ccc(-c2ccccc2)c1C. The lowest BCUT2D eigenvalue weighted by molar-refractivity contribution is 0.0996. The first-order chi connectivity index (χ1) is 15.0. The normalized spacial score (nSPS) is 10.9. The van der Waals surface area contributed by atoms with E-state index in [0.717, 1.165) is 27.8 Å². The Balaban J connectivity index is 1.75. The van der Waals surface area contributed by atoms with Crippen molar-refractivity contribution >= 4 is 5.91 Å². The van der Waals surface area contributed by atoms with Crippen LogP contribution in [0.25, 0.3) is 33.7 Å². The smallest absolute Gasteiger partial charge is 0.251 e. The van der Waals surface area contributed by atoms with Crippen molar-refractivity contribution < 1.29 is 18.4 Å². The Morgan fingerprint density at radius 2 is 1.77 bits per heavy atom. The molecular weight excluding hydrogens is 395 g/mol. The van der Waals surface area contributed by atoms with Crippen LogP contribution in [0.5, 0.6) is 0 Å². The molecule has 5 nitrogen and oxygen atoms in total. The van der Waals surface area contributed by atoms with E-state index in [1.165, 1.54) is 12.1 Å². The number of benzene rings is 3. The lowest BCUT2D eigenvalue weighted by atomic mass is 9.92. The van der Waals surface area contributed by atoms with Gasteiger partial charge >= 0.3 is 0 Å². The van der Waals surface area contributed by atoms with Gasteiger partial charge in [-0.15, -0.1) is 0 Å². The number of ether oxygens (including phenoxy) is 1. The predicted octanol–water partition coefficient (Wildman–Crippen LogP) is 5.37. The lowest BCUT2D eigenvalue weighted by Gasteiger charge is -2.15. The van der Waals surface area contributed by atoms with Gasteiger partial charge in [0.1, 0.15) is 11.5 Å². The number of nitrogens with two attached hydrogens (primary N) is 1. The summed E-state index contributed by atoms with van der Waals surface area (Å²) >= 11 is 0. The molecule has 0 spiro atoms. The Labute approximate surface area is 179 Å². The highest BCUT2D eigenvalue weighted by Crippen LogP contribution is 2.35. The highest BCUT2D eigenvalue weighted by Gasteiger charge is 2.18. The minimum absolute atomic E-state index is 0.165. The number of methoxy groups -OCH3 is 1. The van der Waals surface area contributed by atoms with Gasteiger partial charge in [0.15, 0.2) is 5.76 Å². The third-order valence-corrected chi connectivity index (χ3v) is 5.28. The number of halogens is 1. The van der Waals surface area contributed by atoms with E-state index < -0.39 is 11.7 Å². The summed E-state index contributed by atoms with van der Waals surface area (Å²) in [5.74, 6) is -0.968. The van der Waals surface area contributed by atoms with E-state index in [1.807, 2.05) is 30.3 Å². The molecule has 1 heterocycles. The number of primary amides is 1. The largest absolute Gasteiger partial charge is 0.380 e. The number of rotatable bonds is 6. The number of carbonyl (C=O) groups excluding carboxylic acids is 1. The van der Waals surface area contributed by atoms with Crippen LogP contribution < -0.4 is 5.73 Å². The molecule has 4 aromatic rings. The van der Waals surface area contributed by atoms with Crippen molar-refractivity contribution in [2.24, 2.45) is 5.73 Å². The summed E-state index contributed by atoms with van der Waals surface area (Å²) < 4.78 is 25.2. The summed E-state index contributed by atoms with van der Waals surface area (Å²) in [6, 6.07) is 20.0. The van der Waals surface area contributed by atoms with Crippen LogP contribution in [0.15, 0.2) is 71.3 Å². The molecule has 1 amide bonds. The molecule has 6 heteroatoms. The zero-order chi connectivity index (χ0) is 22.0. The molecule has 0 atom stereocenters. The summed E-state index contributed by atoms with van der Waals surface area (Å²) in [6.07, 6.45) is 0. The van der Waals surface area contributed by atoms with Crippen LogP contribution in [0.3, 0.4) is 0 Å². The van der Waals surface area contributed by atoms with E-state index in [-0.39, 0.29) is 5.56 Å². The standard InChI is InChI=1S/C25H21FN2O3/c1-15-18(16-6-4-3-5-7-16)10-11-19(21(15)14-30-2)24-13-23(28-31-24)17-8-9-20(25(27)29)22(26)12-17/h3-13H,14H2,1-2H3,(H2,27,29). The Morgan fingerprint density at radius 3 is 2.45 bits per heavy atom. The Hall–Kier alpha value is -3.77. The third kappa shape index (κ3) is 3.98. The molecule has 0 bridgehead atoms. The van der Waals surface area contributed by atoms with Gasteiger partial charge in [0.05, 0.1) is 12.2 Å². The van der Waals surface area contributed by atoms with Gasteiger partial charge in [-0.25, -0.2) is 4.39 Å². The molecule has 4 rings (SSSR count). The number of nitrogens with zero attached hydrogens (tertiary/aromatic N) is 1. The average Bonchev–Trinajstić information content (AvgIpc) is 3.25. The molecular formula is C25H21FN2O3. The lowest BCUT2D eigenvalue weighted by Crippen LogP contribution is -2.12. The van der Waals surface area contributed by atoms with Gasteiger partial charge in [0.25, 0.3) is 5.91 Å². The monoisotopic (exact) mass is 416 g/mol. The number of carbonyl (C=O) groups is 1. The zero-order valence-corrected chi connectivity index (χ0v) is 17.2. The Morgan fingerprint density at radius 1 is 1.03 bits per heavy atom. The van der Waals surface area contributed by atoms with Crippen LogP contribution in [0.1, 0.15) is 21.5 Å². The second kappa shape index (κ2) is 8.53. The maximum absolute atomic E-state index is 14.2. The minimum Gasteiger partial charge on any atom is -0.380 e. The zero-order valence-electron chi connectivity index (χ0n) is 17.2. The molecule has 1 aromatic heterocycles. The summed E-state index contributed by atoms with van der Waals surface area (Å²) in [6.45, 7) is 2.45. The molecule has 156 valence electrons. The molecule has 0 saturated carbocycles. The van der Waals surface area contributed by atoms with Crippen LogP contribution in [-0.2, 0) is 11.3 Å². The fraction of sp³-hybridized carbons (Fsp3) is 0.120. The van der Waals surface area contributed by atoms with Crippen molar-refractivity contribution in [3.63, 3.8) is 0 Å². The van der Waals surface area contributed by atoms with Crippen LogP contribution in [0.4, 0.5) is 4.39 Å². The maximum atomic E-state index is 14.2. The number of aromatic nitrogens is 1. The first kappa shape index (κ1) is 20.5. The van der Waals surface area contributed by atoms with E-state index in [9.17, 15) is 9.18 Å². The molecule has 31 heavy (non-hydrogen) atoms. The minimum atomic E-state index is -0.817. The topological polar surface area (TPSA) is 78.4 Å². The molecule has 0 saturated heterocycles.